The highest BCUT2D eigenvalue weighted by atomic mass is 16.5. The molecule has 0 aliphatic rings. The van der Waals surface area contributed by atoms with E-state index in [-0.39, 0.29) is 0 Å². The van der Waals surface area contributed by atoms with Crippen molar-refractivity contribution < 1.29 is 4.74 Å². The molecule has 0 aliphatic heterocycles. The van der Waals surface area contributed by atoms with Crippen molar-refractivity contribution in [2.45, 2.75) is 13.8 Å². The number of hydrogen-bond acceptors (Lipinski definition) is 3. The van der Waals surface area contributed by atoms with Crippen LogP contribution in [-0.4, -0.2) is 13.7 Å². The van der Waals surface area contributed by atoms with Gasteiger partial charge in [0.25, 0.3) is 0 Å². The third kappa shape index (κ3) is 3.19. The molecule has 0 radical (unpaired) electrons. The highest BCUT2D eigenvalue weighted by Crippen LogP contribution is 2.30. The van der Waals surface area contributed by atoms with Crippen molar-refractivity contribution in [1.82, 2.24) is 0 Å². The molecule has 0 bridgehead atoms. The molecular weight excluding hydrogens is 236 g/mol. The third-order valence-electron chi connectivity index (χ3n) is 3.00. The third-order valence-corrected chi connectivity index (χ3v) is 3.00. The molecule has 0 saturated carbocycles. The van der Waals surface area contributed by atoms with Gasteiger partial charge in [-0.05, 0) is 37.6 Å². The number of benzene rings is 2. The topological polar surface area (TPSA) is 38.5 Å². The Labute approximate surface area is 114 Å². The van der Waals surface area contributed by atoms with Crippen LogP contribution in [0.5, 0.6) is 5.75 Å². The molecule has 0 fully saturated rings. The second kappa shape index (κ2) is 5.65. The van der Waals surface area contributed by atoms with Crippen molar-refractivity contribution in [3.63, 3.8) is 0 Å². The SMILES string of the molecule is CCOc1cc(N)cc(N(C)c2cccc(C)c2)c1. The summed E-state index contributed by atoms with van der Waals surface area (Å²) in [7, 11) is 2.03. The predicted molar refractivity (Wildman–Crippen MR) is 81.3 cm³/mol. The molecule has 3 nitrogen and oxygen atoms in total. The van der Waals surface area contributed by atoms with Crippen molar-refractivity contribution in [1.29, 1.82) is 0 Å². The van der Waals surface area contributed by atoms with E-state index in [0.29, 0.717) is 12.3 Å². The van der Waals surface area contributed by atoms with E-state index in [9.17, 15) is 0 Å². The summed E-state index contributed by atoms with van der Waals surface area (Å²) < 4.78 is 5.53. The summed E-state index contributed by atoms with van der Waals surface area (Å²) in [4.78, 5) is 2.10. The van der Waals surface area contributed by atoms with Crippen molar-refractivity contribution >= 4 is 17.1 Å². The summed E-state index contributed by atoms with van der Waals surface area (Å²) >= 11 is 0. The number of hydrogen-bond donors (Lipinski definition) is 1. The minimum absolute atomic E-state index is 0.636. The van der Waals surface area contributed by atoms with Crippen LogP contribution >= 0.6 is 0 Å². The number of rotatable bonds is 4. The van der Waals surface area contributed by atoms with Crippen LogP contribution in [0.15, 0.2) is 42.5 Å². The van der Waals surface area contributed by atoms with Crippen molar-refractivity contribution in [2.24, 2.45) is 0 Å². The van der Waals surface area contributed by atoms with Crippen LogP contribution in [0, 0.1) is 6.92 Å². The maximum Gasteiger partial charge on any atom is 0.123 e. The molecule has 0 heterocycles. The van der Waals surface area contributed by atoms with Crippen LogP contribution in [-0.2, 0) is 0 Å². The Balaban J connectivity index is 2.35. The Bertz CT molecular complexity index is 566. The summed E-state index contributed by atoms with van der Waals surface area (Å²) in [6, 6.07) is 14.2. The van der Waals surface area contributed by atoms with Gasteiger partial charge in [0.15, 0.2) is 0 Å². The lowest BCUT2D eigenvalue weighted by Crippen LogP contribution is -2.10. The predicted octanol–water partition coefficient (Wildman–Crippen LogP) is 3.74. The summed E-state index contributed by atoms with van der Waals surface area (Å²) in [5.41, 5.74) is 10.0. The van der Waals surface area contributed by atoms with Crippen LogP contribution < -0.4 is 15.4 Å². The molecule has 0 saturated heterocycles. The van der Waals surface area contributed by atoms with Crippen LogP contribution in [0.2, 0.25) is 0 Å². The van der Waals surface area contributed by atoms with Crippen molar-refractivity contribution in [3.8, 4) is 5.75 Å². The molecule has 0 aliphatic carbocycles. The normalized spacial score (nSPS) is 10.3. The van der Waals surface area contributed by atoms with Gasteiger partial charge in [-0.2, -0.15) is 0 Å². The first-order chi connectivity index (χ1) is 9.10. The number of nitrogen functional groups attached to an aromatic ring is 1. The van der Waals surface area contributed by atoms with Crippen molar-refractivity contribution in [3.05, 3.63) is 48.0 Å². The van der Waals surface area contributed by atoms with Gasteiger partial charge in [0, 0.05) is 36.2 Å². The fraction of sp³-hybridized carbons (Fsp3) is 0.250. The molecule has 0 amide bonds. The molecule has 2 aromatic rings. The van der Waals surface area contributed by atoms with Gasteiger partial charge >= 0.3 is 0 Å². The monoisotopic (exact) mass is 256 g/mol. The first kappa shape index (κ1) is 13.3. The standard InChI is InChI=1S/C16H20N2O/c1-4-19-16-10-13(17)9-15(11-16)18(3)14-7-5-6-12(2)8-14/h5-11H,4,17H2,1-3H3. The molecule has 3 heteroatoms. The average molecular weight is 256 g/mol. The van der Waals surface area contributed by atoms with E-state index in [1.165, 1.54) is 5.56 Å². The summed E-state index contributed by atoms with van der Waals surface area (Å²) in [5.74, 6) is 0.803. The molecule has 2 N–H and O–H groups in total. The number of anilines is 3. The zero-order valence-electron chi connectivity index (χ0n) is 11.7. The van der Waals surface area contributed by atoms with E-state index in [1.54, 1.807) is 0 Å². The molecule has 19 heavy (non-hydrogen) atoms. The van der Waals surface area contributed by atoms with Gasteiger partial charge in [-0.3, -0.25) is 0 Å². The maximum absolute atomic E-state index is 5.93. The van der Waals surface area contributed by atoms with Crippen molar-refractivity contribution in [2.75, 3.05) is 24.3 Å². The van der Waals surface area contributed by atoms with E-state index >= 15 is 0 Å². The van der Waals surface area contributed by atoms with Crippen LogP contribution in [0.4, 0.5) is 17.1 Å². The molecule has 0 spiro atoms. The first-order valence-electron chi connectivity index (χ1n) is 6.44. The molecule has 0 aromatic heterocycles. The zero-order chi connectivity index (χ0) is 13.8. The van der Waals surface area contributed by atoms with E-state index in [2.05, 4.69) is 36.1 Å². The Morgan fingerprint density at radius 2 is 1.89 bits per heavy atom. The zero-order valence-corrected chi connectivity index (χ0v) is 11.7. The van der Waals surface area contributed by atoms with Crippen LogP contribution in [0.3, 0.4) is 0 Å². The molecule has 2 aromatic carbocycles. The first-order valence-corrected chi connectivity index (χ1v) is 6.44. The summed E-state index contributed by atoms with van der Waals surface area (Å²) in [6.07, 6.45) is 0. The molecule has 2 rings (SSSR count). The second-order valence-corrected chi connectivity index (χ2v) is 4.59. The van der Waals surface area contributed by atoms with Gasteiger partial charge in [0.05, 0.1) is 6.61 Å². The lowest BCUT2D eigenvalue weighted by molar-refractivity contribution is 0.340. The van der Waals surface area contributed by atoms with Gasteiger partial charge in [-0.15, -0.1) is 0 Å². The number of aryl methyl sites for hydroxylation is 1. The largest absolute Gasteiger partial charge is 0.494 e. The van der Waals surface area contributed by atoms with E-state index in [0.717, 1.165) is 17.1 Å². The lowest BCUT2D eigenvalue weighted by Gasteiger charge is -2.21. The maximum atomic E-state index is 5.93. The van der Waals surface area contributed by atoms with E-state index in [4.69, 9.17) is 10.5 Å². The molecule has 0 unspecified atom stereocenters. The fourth-order valence-electron chi connectivity index (χ4n) is 2.04. The Morgan fingerprint density at radius 3 is 2.58 bits per heavy atom. The molecule has 100 valence electrons. The Hall–Kier alpha value is -2.16. The van der Waals surface area contributed by atoms with Gasteiger partial charge in [0.1, 0.15) is 5.75 Å². The van der Waals surface area contributed by atoms with Gasteiger partial charge in [-0.1, -0.05) is 12.1 Å². The van der Waals surface area contributed by atoms with E-state index in [1.807, 2.05) is 32.2 Å². The number of ether oxygens (including phenoxy) is 1. The second-order valence-electron chi connectivity index (χ2n) is 4.59. The average Bonchev–Trinajstić information content (AvgIpc) is 2.37. The summed E-state index contributed by atoms with van der Waals surface area (Å²) in [6.45, 7) is 4.69. The van der Waals surface area contributed by atoms with Gasteiger partial charge in [0.2, 0.25) is 0 Å². The van der Waals surface area contributed by atoms with Gasteiger partial charge in [-0.25, -0.2) is 0 Å². The number of nitrogens with two attached hydrogens (primary N) is 1. The van der Waals surface area contributed by atoms with Gasteiger partial charge < -0.3 is 15.4 Å². The minimum atomic E-state index is 0.636. The highest BCUT2D eigenvalue weighted by molar-refractivity contribution is 5.68. The van der Waals surface area contributed by atoms with E-state index < -0.39 is 0 Å². The quantitative estimate of drug-likeness (QED) is 0.847. The van der Waals surface area contributed by atoms with Crippen LogP contribution in [0.1, 0.15) is 12.5 Å². The minimum Gasteiger partial charge on any atom is -0.494 e. The summed E-state index contributed by atoms with van der Waals surface area (Å²) in [5, 5.41) is 0. The Kier molecular flexibility index (Phi) is 3.95. The number of nitrogens with zero attached hydrogens (tertiary/aromatic N) is 1. The smallest absolute Gasteiger partial charge is 0.123 e. The molecular formula is C16H20N2O. The lowest BCUT2D eigenvalue weighted by atomic mass is 10.2. The Morgan fingerprint density at radius 1 is 1.11 bits per heavy atom. The fourth-order valence-corrected chi connectivity index (χ4v) is 2.04. The van der Waals surface area contributed by atoms with Crippen LogP contribution in [0.25, 0.3) is 0 Å². The highest BCUT2D eigenvalue weighted by Gasteiger charge is 2.07. The molecule has 0 atom stereocenters.